The first-order chi connectivity index (χ1) is 6.61. The third kappa shape index (κ3) is 3.21. The molecule has 78 valence electrons. The topological polar surface area (TPSA) is 87.3 Å². The predicted molar refractivity (Wildman–Crippen MR) is 48.8 cm³/mol. The van der Waals surface area contributed by atoms with Crippen LogP contribution in [0.3, 0.4) is 0 Å². The van der Waals surface area contributed by atoms with Crippen molar-refractivity contribution in [3.05, 3.63) is 0 Å². The van der Waals surface area contributed by atoms with Crippen molar-refractivity contribution in [1.29, 1.82) is 0 Å². The molecule has 0 bridgehead atoms. The van der Waals surface area contributed by atoms with Gasteiger partial charge in [0.25, 0.3) is 0 Å². The molecule has 0 aromatic carbocycles. The minimum absolute atomic E-state index is 0.112. The lowest BCUT2D eigenvalue weighted by molar-refractivity contribution is -0.119. The molecular weight excluding hydrogens is 210 g/mol. The van der Waals surface area contributed by atoms with Crippen LogP contribution in [0.1, 0.15) is 6.42 Å². The van der Waals surface area contributed by atoms with E-state index >= 15 is 0 Å². The lowest BCUT2D eigenvalue weighted by atomic mass is 10.3. The van der Waals surface area contributed by atoms with E-state index in [-0.39, 0.29) is 24.2 Å². The van der Waals surface area contributed by atoms with Gasteiger partial charge < -0.3 is 10.6 Å². The first-order valence-electron chi connectivity index (χ1n) is 4.05. The zero-order chi connectivity index (χ0) is 10.6. The number of halogens is 1. The normalized spacial score (nSPS) is 20.1. The van der Waals surface area contributed by atoms with Crippen LogP contribution in [0.15, 0.2) is 0 Å². The molecule has 1 saturated heterocycles. The average Bonchev–Trinajstić information content (AvgIpc) is 2.50. The van der Waals surface area contributed by atoms with Crippen LogP contribution < -0.4 is 16.0 Å². The fourth-order valence-corrected chi connectivity index (χ4v) is 1.16. The average molecular weight is 220 g/mol. The molecule has 14 heavy (non-hydrogen) atoms. The number of carbonyl (C=O) groups is 3. The highest BCUT2D eigenvalue weighted by Gasteiger charge is 2.23. The molecule has 1 atom stereocenters. The van der Waals surface area contributed by atoms with Crippen LogP contribution in [-0.4, -0.2) is 36.3 Å². The quantitative estimate of drug-likeness (QED) is 0.518. The number of hydrogen-bond acceptors (Lipinski definition) is 3. The summed E-state index contributed by atoms with van der Waals surface area (Å²) in [5.41, 5.74) is 0. The Balaban J connectivity index is 2.27. The molecular formula is C7H10ClN3O3. The summed E-state index contributed by atoms with van der Waals surface area (Å²) in [6.45, 7) is 0.390. The molecule has 4 amide bonds. The maximum absolute atomic E-state index is 11.0. The molecule has 0 radical (unpaired) electrons. The molecule has 1 unspecified atom stereocenters. The third-order valence-corrected chi connectivity index (χ3v) is 1.93. The molecule has 1 aliphatic rings. The van der Waals surface area contributed by atoms with E-state index in [1.807, 2.05) is 5.32 Å². The summed E-state index contributed by atoms with van der Waals surface area (Å²) in [6, 6.07) is -0.886. The van der Waals surface area contributed by atoms with Crippen molar-refractivity contribution < 1.29 is 14.4 Å². The van der Waals surface area contributed by atoms with Crippen molar-refractivity contribution in [2.75, 3.05) is 12.4 Å². The second-order valence-corrected chi connectivity index (χ2v) is 3.13. The summed E-state index contributed by atoms with van der Waals surface area (Å²) in [7, 11) is 0. The molecule has 3 N–H and O–H groups in total. The van der Waals surface area contributed by atoms with E-state index < -0.39 is 11.9 Å². The Kier molecular flexibility index (Phi) is 3.70. The van der Waals surface area contributed by atoms with Crippen LogP contribution in [0.5, 0.6) is 0 Å². The number of urea groups is 1. The number of nitrogens with one attached hydrogen (secondary N) is 3. The number of alkyl halides is 1. The third-order valence-electron chi connectivity index (χ3n) is 1.69. The Bertz CT molecular complexity index is 269. The summed E-state index contributed by atoms with van der Waals surface area (Å²) in [5, 5.41) is 7.02. The molecule has 1 aliphatic heterocycles. The second kappa shape index (κ2) is 4.80. The first-order valence-corrected chi connectivity index (χ1v) is 4.58. The van der Waals surface area contributed by atoms with Crippen LogP contribution in [0.25, 0.3) is 0 Å². The van der Waals surface area contributed by atoms with Crippen LogP contribution in [0.2, 0.25) is 0 Å². The Morgan fingerprint density at radius 2 is 2.29 bits per heavy atom. The van der Waals surface area contributed by atoms with Gasteiger partial charge in [0.1, 0.15) is 5.88 Å². The fraction of sp³-hybridized carbons (Fsp3) is 0.571. The van der Waals surface area contributed by atoms with Crippen molar-refractivity contribution >= 4 is 29.4 Å². The van der Waals surface area contributed by atoms with Gasteiger partial charge in [0.05, 0.1) is 6.04 Å². The summed E-state index contributed by atoms with van der Waals surface area (Å²) in [4.78, 5) is 32.5. The molecule has 1 fully saturated rings. The Morgan fingerprint density at radius 3 is 2.79 bits per heavy atom. The molecule has 0 saturated carbocycles. The van der Waals surface area contributed by atoms with Crippen molar-refractivity contribution in [2.24, 2.45) is 0 Å². The second-order valence-electron chi connectivity index (χ2n) is 2.86. The van der Waals surface area contributed by atoms with Gasteiger partial charge in [0.15, 0.2) is 0 Å². The largest absolute Gasteiger partial charge is 0.354 e. The van der Waals surface area contributed by atoms with E-state index in [9.17, 15) is 14.4 Å². The first kappa shape index (κ1) is 10.8. The SMILES string of the molecule is O=C1CC(NC(=O)NC(=O)CCl)CN1. The van der Waals surface area contributed by atoms with Gasteiger partial charge in [-0.25, -0.2) is 4.79 Å². The molecule has 0 spiro atoms. The summed E-state index contributed by atoms with van der Waals surface area (Å²) in [6.07, 6.45) is 0.239. The molecule has 1 rings (SSSR count). The molecule has 1 heterocycles. The van der Waals surface area contributed by atoms with Gasteiger partial charge in [-0.15, -0.1) is 11.6 Å². The minimum Gasteiger partial charge on any atom is -0.354 e. The highest BCUT2D eigenvalue weighted by Crippen LogP contribution is 1.98. The smallest absolute Gasteiger partial charge is 0.321 e. The van der Waals surface area contributed by atoms with E-state index in [1.54, 1.807) is 0 Å². The highest BCUT2D eigenvalue weighted by molar-refractivity contribution is 6.28. The predicted octanol–water partition coefficient (Wildman–Crippen LogP) is -1.06. The van der Waals surface area contributed by atoms with Crippen LogP contribution in [-0.2, 0) is 9.59 Å². The van der Waals surface area contributed by atoms with Gasteiger partial charge in [0, 0.05) is 13.0 Å². The lowest BCUT2D eigenvalue weighted by Gasteiger charge is -2.09. The lowest BCUT2D eigenvalue weighted by Crippen LogP contribution is -2.45. The monoisotopic (exact) mass is 219 g/mol. The van der Waals surface area contributed by atoms with Gasteiger partial charge in [-0.1, -0.05) is 0 Å². The minimum atomic E-state index is -0.628. The van der Waals surface area contributed by atoms with Crippen LogP contribution in [0.4, 0.5) is 4.79 Å². The summed E-state index contributed by atoms with van der Waals surface area (Å²) >= 11 is 5.18. The maximum Gasteiger partial charge on any atom is 0.321 e. The van der Waals surface area contributed by atoms with Crippen molar-refractivity contribution in [2.45, 2.75) is 12.5 Å². The Labute approximate surface area is 85.4 Å². The zero-order valence-electron chi connectivity index (χ0n) is 7.30. The number of rotatable bonds is 2. The van der Waals surface area contributed by atoms with E-state index in [0.717, 1.165) is 0 Å². The zero-order valence-corrected chi connectivity index (χ0v) is 8.06. The molecule has 0 aromatic rings. The molecule has 0 aliphatic carbocycles. The Morgan fingerprint density at radius 1 is 1.57 bits per heavy atom. The van der Waals surface area contributed by atoms with E-state index in [2.05, 4.69) is 10.6 Å². The van der Waals surface area contributed by atoms with Crippen LogP contribution in [0, 0.1) is 0 Å². The van der Waals surface area contributed by atoms with Crippen molar-refractivity contribution in [3.63, 3.8) is 0 Å². The number of hydrogen-bond donors (Lipinski definition) is 3. The van der Waals surface area contributed by atoms with E-state index in [1.165, 1.54) is 0 Å². The highest BCUT2D eigenvalue weighted by atomic mass is 35.5. The summed E-state index contributed by atoms with van der Waals surface area (Å²) in [5.74, 6) is -0.949. The Hall–Kier alpha value is -1.30. The van der Waals surface area contributed by atoms with Gasteiger partial charge in [0.2, 0.25) is 11.8 Å². The van der Waals surface area contributed by atoms with Crippen molar-refractivity contribution in [1.82, 2.24) is 16.0 Å². The number of carbonyl (C=O) groups excluding carboxylic acids is 3. The summed E-state index contributed by atoms with van der Waals surface area (Å²) < 4.78 is 0. The van der Waals surface area contributed by atoms with Crippen molar-refractivity contribution in [3.8, 4) is 0 Å². The van der Waals surface area contributed by atoms with Gasteiger partial charge in [-0.2, -0.15) is 0 Å². The number of amides is 4. The fourth-order valence-electron chi connectivity index (χ4n) is 1.09. The van der Waals surface area contributed by atoms with Crippen LogP contribution >= 0.6 is 11.6 Å². The van der Waals surface area contributed by atoms with Gasteiger partial charge >= 0.3 is 6.03 Å². The standard InChI is InChI=1S/C7H10ClN3O3/c8-2-6(13)11-7(14)10-4-1-5(12)9-3-4/h4H,1-3H2,(H,9,12)(H2,10,11,13,14). The van der Waals surface area contributed by atoms with E-state index in [0.29, 0.717) is 6.54 Å². The molecule has 6 nitrogen and oxygen atoms in total. The molecule has 0 aromatic heterocycles. The van der Waals surface area contributed by atoms with E-state index in [4.69, 9.17) is 11.6 Å². The number of imide groups is 1. The van der Waals surface area contributed by atoms with Gasteiger partial charge in [-0.3, -0.25) is 14.9 Å². The van der Waals surface area contributed by atoms with Gasteiger partial charge in [-0.05, 0) is 0 Å². The maximum atomic E-state index is 11.0. The molecule has 7 heteroatoms.